The molecule has 0 heterocycles. The fraction of sp³-hybridized carbons (Fsp3) is 0.939. The molecule has 0 amide bonds. The van der Waals surface area contributed by atoms with Crippen LogP contribution in [0.25, 0.3) is 0 Å². The van der Waals surface area contributed by atoms with E-state index in [9.17, 15) is 43.2 Å². The Bertz CT molecular complexity index is 1670. The van der Waals surface area contributed by atoms with Crippen LogP contribution in [-0.2, 0) is 65.4 Å². The number of phosphoric acid groups is 2. The largest absolute Gasteiger partial charge is 0.472 e. The summed E-state index contributed by atoms with van der Waals surface area (Å²) in [6.07, 6.45) is 41.7. The number of carbonyl (C=O) groups excluding carboxylic acids is 4. The van der Waals surface area contributed by atoms with Crippen molar-refractivity contribution < 1.29 is 80.2 Å². The van der Waals surface area contributed by atoms with E-state index < -0.39 is 97.5 Å². The van der Waals surface area contributed by atoms with Crippen LogP contribution in [0.3, 0.4) is 0 Å². The van der Waals surface area contributed by atoms with E-state index in [1.54, 1.807) is 0 Å². The fourth-order valence-electron chi connectivity index (χ4n) is 9.82. The normalized spacial score (nSPS) is 14.9. The first-order valence-corrected chi connectivity index (χ1v) is 37.6. The fourth-order valence-corrected chi connectivity index (χ4v) is 11.4. The van der Waals surface area contributed by atoms with Crippen molar-refractivity contribution in [2.45, 2.75) is 349 Å². The molecule has 0 rings (SSSR count). The molecule has 85 heavy (non-hydrogen) atoms. The summed E-state index contributed by atoms with van der Waals surface area (Å²) in [5.74, 6) is -0.613. The van der Waals surface area contributed by atoms with Gasteiger partial charge in [-0.25, -0.2) is 9.13 Å². The third-order valence-electron chi connectivity index (χ3n) is 15.9. The summed E-state index contributed by atoms with van der Waals surface area (Å²) in [6, 6.07) is 0. The standard InChI is InChI=1S/C66H128O17P2/c1-7-11-13-15-17-18-19-20-21-22-26-30-37-43-49-64(69)77-55-61(82-65(70)50-44-38-31-27-24-23-25-29-34-40-46-58(5)9-3)56-80-84(72,73)78-52-60(67)53-79-85(74,75)81-57-62(54-76-63(68)48-42-36-28-16-14-12-8-2)83-66(71)51-45-39-33-32-35-41-47-59(6)10-4/h58-62,67H,7-57H2,1-6H3,(H,72,73)(H,74,75)/t58?,59?,60-,61-,62-/m1/s1. The molecule has 0 aromatic rings. The number of unbranched alkanes of at least 4 members (excludes halogenated alkanes) is 33. The Morgan fingerprint density at radius 3 is 0.835 bits per heavy atom. The van der Waals surface area contributed by atoms with E-state index in [2.05, 4.69) is 41.5 Å². The molecule has 17 nitrogen and oxygen atoms in total. The maximum atomic E-state index is 13.0. The smallest absolute Gasteiger partial charge is 0.462 e. The highest BCUT2D eigenvalue weighted by molar-refractivity contribution is 7.47. The molecule has 504 valence electrons. The maximum Gasteiger partial charge on any atom is 0.472 e. The summed E-state index contributed by atoms with van der Waals surface area (Å²) < 4.78 is 68.0. The van der Waals surface area contributed by atoms with Crippen molar-refractivity contribution in [1.82, 2.24) is 0 Å². The quantitative estimate of drug-likeness (QED) is 0.0222. The molecule has 0 aliphatic carbocycles. The van der Waals surface area contributed by atoms with Crippen LogP contribution in [0.15, 0.2) is 0 Å². The highest BCUT2D eigenvalue weighted by Gasteiger charge is 2.30. The molecule has 0 aliphatic heterocycles. The lowest BCUT2D eigenvalue weighted by Gasteiger charge is -2.21. The van der Waals surface area contributed by atoms with Crippen LogP contribution < -0.4 is 0 Å². The van der Waals surface area contributed by atoms with E-state index in [4.69, 9.17) is 37.0 Å². The number of aliphatic hydroxyl groups is 1. The Morgan fingerprint density at radius 1 is 0.329 bits per heavy atom. The van der Waals surface area contributed by atoms with Crippen LogP contribution in [0, 0.1) is 11.8 Å². The second kappa shape index (κ2) is 58.4. The molecule has 0 aromatic heterocycles. The second-order valence-electron chi connectivity index (χ2n) is 24.3. The van der Waals surface area contributed by atoms with Crippen LogP contribution in [0.1, 0.15) is 330 Å². The van der Waals surface area contributed by atoms with Gasteiger partial charge in [0.25, 0.3) is 0 Å². The van der Waals surface area contributed by atoms with Crippen LogP contribution in [0.5, 0.6) is 0 Å². The van der Waals surface area contributed by atoms with Gasteiger partial charge in [0.1, 0.15) is 19.3 Å². The maximum absolute atomic E-state index is 13.0. The van der Waals surface area contributed by atoms with Crippen LogP contribution in [0.4, 0.5) is 0 Å². The van der Waals surface area contributed by atoms with Gasteiger partial charge in [0.05, 0.1) is 26.4 Å². The first-order chi connectivity index (χ1) is 40.9. The van der Waals surface area contributed by atoms with E-state index in [-0.39, 0.29) is 25.7 Å². The lowest BCUT2D eigenvalue weighted by atomic mass is 9.99. The topological polar surface area (TPSA) is 237 Å². The molecule has 4 unspecified atom stereocenters. The van der Waals surface area contributed by atoms with Crippen molar-refractivity contribution in [3.05, 3.63) is 0 Å². The average molecular weight is 1260 g/mol. The van der Waals surface area contributed by atoms with Gasteiger partial charge in [0.2, 0.25) is 0 Å². The first-order valence-electron chi connectivity index (χ1n) is 34.6. The highest BCUT2D eigenvalue weighted by Crippen LogP contribution is 2.45. The Hall–Kier alpha value is -1.94. The third kappa shape index (κ3) is 58.2. The van der Waals surface area contributed by atoms with E-state index in [1.165, 1.54) is 135 Å². The highest BCUT2D eigenvalue weighted by atomic mass is 31.2. The average Bonchev–Trinajstić information content (AvgIpc) is 3.51. The number of hydrogen-bond acceptors (Lipinski definition) is 15. The zero-order chi connectivity index (χ0) is 62.9. The van der Waals surface area contributed by atoms with Crippen molar-refractivity contribution in [2.75, 3.05) is 39.6 Å². The second-order valence-corrected chi connectivity index (χ2v) is 27.2. The number of aliphatic hydroxyl groups excluding tert-OH is 1. The number of ether oxygens (including phenoxy) is 4. The van der Waals surface area contributed by atoms with Gasteiger partial charge >= 0.3 is 39.5 Å². The van der Waals surface area contributed by atoms with Gasteiger partial charge in [-0.1, -0.05) is 279 Å². The SMILES string of the molecule is CCCCCCCCCCCCCCCCC(=O)OC[C@H](COP(=O)(O)OC[C@@H](O)COP(=O)(O)OC[C@@H](COC(=O)CCCCCCCCC)OC(=O)CCCCCCCCC(C)CC)OC(=O)CCCCCCCCCCCCC(C)CC. The molecule has 0 spiro atoms. The van der Waals surface area contributed by atoms with E-state index >= 15 is 0 Å². The Labute approximate surface area is 517 Å². The monoisotopic (exact) mass is 1250 g/mol. The molecule has 3 N–H and O–H groups in total. The number of rotatable bonds is 65. The van der Waals surface area contributed by atoms with Gasteiger partial charge < -0.3 is 33.8 Å². The predicted octanol–water partition coefficient (Wildman–Crippen LogP) is 18.4. The molecule has 0 aromatic carbocycles. The van der Waals surface area contributed by atoms with Gasteiger partial charge in [-0.3, -0.25) is 37.3 Å². The van der Waals surface area contributed by atoms with E-state index in [1.807, 2.05) is 0 Å². The number of esters is 4. The van der Waals surface area contributed by atoms with Crippen molar-refractivity contribution in [2.24, 2.45) is 11.8 Å². The van der Waals surface area contributed by atoms with Crippen molar-refractivity contribution >= 4 is 39.5 Å². The Morgan fingerprint density at radius 2 is 0.565 bits per heavy atom. The molecule has 0 aliphatic rings. The minimum Gasteiger partial charge on any atom is -0.462 e. The third-order valence-corrected chi connectivity index (χ3v) is 17.8. The van der Waals surface area contributed by atoms with Crippen molar-refractivity contribution in [3.63, 3.8) is 0 Å². The lowest BCUT2D eigenvalue weighted by molar-refractivity contribution is -0.161. The molecule has 0 bridgehead atoms. The molecule has 0 fully saturated rings. The van der Waals surface area contributed by atoms with Crippen LogP contribution >= 0.6 is 15.6 Å². The van der Waals surface area contributed by atoms with E-state index in [0.717, 1.165) is 115 Å². The summed E-state index contributed by atoms with van der Waals surface area (Å²) in [7, 11) is -9.89. The van der Waals surface area contributed by atoms with Gasteiger partial charge in [0, 0.05) is 25.7 Å². The molecule has 0 saturated heterocycles. The number of phosphoric ester groups is 2. The van der Waals surface area contributed by atoms with Crippen molar-refractivity contribution in [3.8, 4) is 0 Å². The molecule has 0 saturated carbocycles. The summed E-state index contributed by atoms with van der Waals surface area (Å²) in [5.41, 5.74) is 0. The molecular formula is C66H128O17P2. The summed E-state index contributed by atoms with van der Waals surface area (Å²) in [6.45, 7) is 9.45. The first kappa shape index (κ1) is 83.1. The zero-order valence-corrected chi connectivity index (χ0v) is 56.7. The summed E-state index contributed by atoms with van der Waals surface area (Å²) >= 11 is 0. The summed E-state index contributed by atoms with van der Waals surface area (Å²) in [4.78, 5) is 72.2. The molecular weight excluding hydrogens is 1130 g/mol. The van der Waals surface area contributed by atoms with Gasteiger partial charge in [-0.05, 0) is 37.5 Å². The zero-order valence-electron chi connectivity index (χ0n) is 54.9. The van der Waals surface area contributed by atoms with Crippen molar-refractivity contribution in [1.29, 1.82) is 0 Å². The van der Waals surface area contributed by atoms with Gasteiger partial charge in [-0.15, -0.1) is 0 Å². The van der Waals surface area contributed by atoms with Crippen LogP contribution in [-0.4, -0.2) is 96.7 Å². The minimum absolute atomic E-state index is 0.102. The molecule has 19 heteroatoms. The van der Waals surface area contributed by atoms with E-state index in [0.29, 0.717) is 25.7 Å². The van der Waals surface area contributed by atoms with Gasteiger partial charge in [-0.2, -0.15) is 0 Å². The van der Waals surface area contributed by atoms with Gasteiger partial charge in [0.15, 0.2) is 12.2 Å². The number of carbonyl (C=O) groups is 4. The Balaban J connectivity index is 5.22. The number of hydrogen-bond donors (Lipinski definition) is 3. The Kier molecular flexibility index (Phi) is 57.1. The summed E-state index contributed by atoms with van der Waals surface area (Å²) in [5, 5.41) is 10.5. The van der Waals surface area contributed by atoms with Crippen LogP contribution in [0.2, 0.25) is 0 Å². The lowest BCUT2D eigenvalue weighted by Crippen LogP contribution is -2.30. The molecule has 0 radical (unpaired) electrons. The predicted molar refractivity (Wildman–Crippen MR) is 340 cm³/mol. The minimum atomic E-state index is -4.95. The molecule has 7 atom stereocenters.